The fourth-order valence-electron chi connectivity index (χ4n) is 2.80. The van der Waals surface area contributed by atoms with Crippen molar-refractivity contribution >= 4 is 23.4 Å². The Labute approximate surface area is 151 Å². The molecule has 0 aromatic carbocycles. The molecule has 0 aliphatic heterocycles. The van der Waals surface area contributed by atoms with Gasteiger partial charge in [0.05, 0.1) is 5.92 Å². The Morgan fingerprint density at radius 1 is 1.35 bits per heavy atom. The average molecular weight is 366 g/mol. The van der Waals surface area contributed by atoms with E-state index in [0.717, 1.165) is 17.7 Å². The van der Waals surface area contributed by atoms with Crippen LogP contribution in [0.5, 0.6) is 0 Å². The third-order valence-electron chi connectivity index (χ3n) is 4.59. The number of amides is 1. The van der Waals surface area contributed by atoms with Crippen molar-refractivity contribution in [3.8, 4) is 0 Å². The molecule has 1 amide bonds. The number of ether oxygens (including phenoxy) is 1. The quantitative estimate of drug-likeness (QED) is 0.644. The zero-order valence-corrected chi connectivity index (χ0v) is 15.4. The molecule has 3 N–H and O–H groups in total. The van der Waals surface area contributed by atoms with Crippen LogP contribution >= 0.6 is 0 Å². The molecule has 9 heteroatoms. The third kappa shape index (κ3) is 4.14. The first kappa shape index (κ1) is 19.7. The highest BCUT2D eigenvalue weighted by Crippen LogP contribution is 2.38. The minimum atomic E-state index is -0.738. The van der Waals surface area contributed by atoms with Crippen molar-refractivity contribution in [3.63, 3.8) is 0 Å². The highest BCUT2D eigenvalue weighted by Gasteiger charge is 2.40. The van der Waals surface area contributed by atoms with Crippen LogP contribution in [0.1, 0.15) is 40.0 Å². The highest BCUT2D eigenvalue weighted by molar-refractivity contribution is 5.97. The van der Waals surface area contributed by atoms with E-state index in [-0.39, 0.29) is 29.9 Å². The summed E-state index contributed by atoms with van der Waals surface area (Å²) in [6.07, 6.45) is 2.30. The number of hydrogen-bond donors (Lipinski definition) is 2. The predicted octanol–water partition coefficient (Wildman–Crippen LogP) is 0.471. The smallest absolute Gasteiger partial charge is 0.330 e. The lowest BCUT2D eigenvalue weighted by Gasteiger charge is -2.23. The molecule has 1 aliphatic rings. The molecule has 26 heavy (non-hydrogen) atoms. The molecule has 0 unspecified atom stereocenters. The first-order chi connectivity index (χ1) is 12.3. The molecule has 144 valence electrons. The van der Waals surface area contributed by atoms with Crippen LogP contribution in [0.25, 0.3) is 0 Å². The fourth-order valence-corrected chi connectivity index (χ4v) is 2.80. The number of hydrogen-bond acceptors (Lipinski definition) is 6. The molecule has 1 heterocycles. The number of aromatic nitrogens is 2. The summed E-state index contributed by atoms with van der Waals surface area (Å²) in [4.78, 5) is 51.8. The van der Waals surface area contributed by atoms with Gasteiger partial charge in [0.1, 0.15) is 5.82 Å². The van der Waals surface area contributed by atoms with E-state index in [2.05, 4.69) is 4.98 Å². The summed E-state index contributed by atoms with van der Waals surface area (Å²) in [6.45, 7) is 5.59. The minimum absolute atomic E-state index is 0.0652. The number of H-pyrrole nitrogens is 1. The lowest BCUT2D eigenvalue weighted by Crippen LogP contribution is -2.42. The lowest BCUT2D eigenvalue weighted by molar-refractivity contribution is -0.149. The van der Waals surface area contributed by atoms with Crippen molar-refractivity contribution in [1.82, 2.24) is 9.55 Å². The number of likely N-dealkylation sites (N-methyl/N-ethyl adjacent to an activating group) is 1. The molecule has 1 fully saturated rings. The van der Waals surface area contributed by atoms with E-state index in [1.165, 1.54) is 4.57 Å². The van der Waals surface area contributed by atoms with E-state index in [1.54, 1.807) is 6.92 Å². The van der Waals surface area contributed by atoms with Gasteiger partial charge >= 0.3 is 11.7 Å². The maximum absolute atomic E-state index is 12.5. The standard InChI is InChI=1S/C17H26N4O5/c1-4-6-7-21-14(18)13(15(23)19-17(21)25)20(5-2)12(22)9-26-16(24)11-8-10(11)3/h10-11H,4-9,18H2,1-3H3,(H,19,23,25)/t10-,11-/m1/s1. The fraction of sp³-hybridized carbons (Fsp3) is 0.647. The van der Waals surface area contributed by atoms with E-state index in [1.807, 2.05) is 13.8 Å². The van der Waals surface area contributed by atoms with E-state index >= 15 is 0 Å². The van der Waals surface area contributed by atoms with Crippen molar-refractivity contribution in [2.24, 2.45) is 11.8 Å². The number of anilines is 2. The van der Waals surface area contributed by atoms with Crippen molar-refractivity contribution in [1.29, 1.82) is 0 Å². The second-order valence-electron chi connectivity index (χ2n) is 6.56. The number of nitrogen functional groups attached to an aromatic ring is 1. The second kappa shape index (κ2) is 8.20. The van der Waals surface area contributed by atoms with Gasteiger partial charge in [-0.2, -0.15) is 0 Å². The Bertz CT molecular complexity index is 797. The summed E-state index contributed by atoms with van der Waals surface area (Å²) in [6, 6.07) is 0. The van der Waals surface area contributed by atoms with Gasteiger partial charge < -0.3 is 15.4 Å². The van der Waals surface area contributed by atoms with Crippen molar-refractivity contribution in [3.05, 3.63) is 20.8 Å². The Hall–Kier alpha value is -2.58. The lowest BCUT2D eigenvalue weighted by atomic mass is 10.3. The molecule has 1 aliphatic carbocycles. The molecular weight excluding hydrogens is 340 g/mol. The summed E-state index contributed by atoms with van der Waals surface area (Å²) in [7, 11) is 0. The van der Waals surface area contributed by atoms with E-state index < -0.39 is 29.7 Å². The Morgan fingerprint density at radius 3 is 2.54 bits per heavy atom. The number of carbonyl (C=O) groups excluding carboxylic acids is 2. The van der Waals surface area contributed by atoms with E-state index in [9.17, 15) is 19.2 Å². The van der Waals surface area contributed by atoms with Crippen LogP contribution in [-0.4, -0.2) is 34.6 Å². The average Bonchev–Trinajstić information content (AvgIpc) is 3.32. The number of unbranched alkanes of at least 4 members (excludes halogenated alkanes) is 1. The van der Waals surface area contributed by atoms with Crippen molar-refractivity contribution < 1.29 is 14.3 Å². The first-order valence-electron chi connectivity index (χ1n) is 8.91. The van der Waals surface area contributed by atoms with Gasteiger partial charge in [0.2, 0.25) is 0 Å². The van der Waals surface area contributed by atoms with Gasteiger partial charge in [-0.3, -0.25) is 23.9 Å². The molecule has 0 spiro atoms. The van der Waals surface area contributed by atoms with Gasteiger partial charge in [0, 0.05) is 13.1 Å². The molecule has 1 saturated carbocycles. The zero-order valence-electron chi connectivity index (χ0n) is 15.4. The molecule has 1 aromatic heterocycles. The van der Waals surface area contributed by atoms with Crippen molar-refractivity contribution in [2.75, 3.05) is 23.8 Å². The van der Waals surface area contributed by atoms with Gasteiger partial charge in [-0.05, 0) is 25.7 Å². The van der Waals surface area contributed by atoms with Gasteiger partial charge in [-0.25, -0.2) is 4.79 Å². The van der Waals surface area contributed by atoms with Crippen LogP contribution in [0.15, 0.2) is 9.59 Å². The van der Waals surface area contributed by atoms with E-state index in [0.29, 0.717) is 13.0 Å². The van der Waals surface area contributed by atoms with Crippen LogP contribution in [-0.2, 0) is 20.9 Å². The van der Waals surface area contributed by atoms with E-state index in [4.69, 9.17) is 10.5 Å². The first-order valence-corrected chi connectivity index (χ1v) is 8.91. The number of esters is 1. The molecule has 2 rings (SSSR count). The number of carbonyl (C=O) groups is 2. The number of rotatable bonds is 8. The molecule has 0 bridgehead atoms. The number of nitrogens with one attached hydrogen (secondary N) is 1. The maximum atomic E-state index is 12.5. The van der Waals surface area contributed by atoms with Gasteiger partial charge in [-0.1, -0.05) is 20.3 Å². The van der Waals surface area contributed by atoms with Crippen LogP contribution in [0.3, 0.4) is 0 Å². The minimum Gasteiger partial charge on any atom is -0.455 e. The molecule has 2 atom stereocenters. The summed E-state index contributed by atoms with van der Waals surface area (Å²) in [5.41, 5.74) is 4.57. The molecular formula is C17H26N4O5. The summed E-state index contributed by atoms with van der Waals surface area (Å²) in [5, 5.41) is 0. The summed E-state index contributed by atoms with van der Waals surface area (Å²) < 4.78 is 6.29. The summed E-state index contributed by atoms with van der Waals surface area (Å²) >= 11 is 0. The SMILES string of the molecule is CCCCn1c(N)c(N(CC)C(=O)COC(=O)[C@@H]2C[C@H]2C)c(=O)[nH]c1=O. The molecule has 1 aromatic rings. The predicted molar refractivity (Wildman–Crippen MR) is 96.9 cm³/mol. The van der Waals surface area contributed by atoms with Gasteiger partial charge in [-0.15, -0.1) is 0 Å². The van der Waals surface area contributed by atoms with Crippen LogP contribution in [0.4, 0.5) is 11.5 Å². The Morgan fingerprint density at radius 2 is 2.00 bits per heavy atom. The normalized spacial score (nSPS) is 18.4. The van der Waals surface area contributed by atoms with Crippen LogP contribution in [0.2, 0.25) is 0 Å². The molecule has 0 radical (unpaired) electrons. The topological polar surface area (TPSA) is 127 Å². The number of nitrogens with zero attached hydrogens (tertiary/aromatic N) is 2. The Balaban J connectivity index is 2.22. The van der Waals surface area contributed by atoms with Crippen LogP contribution in [0, 0.1) is 11.8 Å². The van der Waals surface area contributed by atoms with Gasteiger partial charge in [0.25, 0.3) is 11.5 Å². The second-order valence-corrected chi connectivity index (χ2v) is 6.56. The highest BCUT2D eigenvalue weighted by atomic mass is 16.5. The molecule has 0 saturated heterocycles. The summed E-state index contributed by atoms with van der Waals surface area (Å²) in [5.74, 6) is -0.906. The maximum Gasteiger partial charge on any atom is 0.330 e. The number of nitrogens with two attached hydrogens (primary N) is 1. The third-order valence-corrected chi connectivity index (χ3v) is 4.59. The monoisotopic (exact) mass is 366 g/mol. The molecule has 9 nitrogen and oxygen atoms in total. The van der Waals surface area contributed by atoms with Gasteiger partial charge in [0.15, 0.2) is 12.3 Å². The number of aromatic amines is 1. The zero-order chi connectivity index (χ0) is 19.4. The van der Waals surface area contributed by atoms with Crippen molar-refractivity contribution in [2.45, 2.75) is 46.6 Å². The Kier molecular flexibility index (Phi) is 6.23. The van der Waals surface area contributed by atoms with Crippen LogP contribution < -0.4 is 21.9 Å². The largest absolute Gasteiger partial charge is 0.455 e.